The van der Waals surface area contributed by atoms with Crippen molar-refractivity contribution >= 4 is 5.69 Å². The molecule has 3 heteroatoms. The van der Waals surface area contributed by atoms with E-state index in [-0.39, 0.29) is 6.10 Å². The second kappa shape index (κ2) is 6.51. The number of benzene rings is 1. The van der Waals surface area contributed by atoms with Gasteiger partial charge >= 0.3 is 0 Å². The number of aliphatic hydroxyl groups is 1. The summed E-state index contributed by atoms with van der Waals surface area (Å²) in [4.78, 5) is 2.31. The fourth-order valence-electron chi connectivity index (χ4n) is 1.67. The molecule has 0 saturated carbocycles. The molecule has 3 N–H and O–H groups in total. The van der Waals surface area contributed by atoms with Gasteiger partial charge in [0.2, 0.25) is 0 Å². The third-order valence-corrected chi connectivity index (χ3v) is 2.67. The Kier molecular flexibility index (Phi) is 5.29. The van der Waals surface area contributed by atoms with E-state index in [1.54, 1.807) is 0 Å². The first kappa shape index (κ1) is 13.0. The first-order valence-corrected chi connectivity index (χ1v) is 5.86. The Bertz CT molecular complexity index is 313. The van der Waals surface area contributed by atoms with Crippen LogP contribution in [0.5, 0.6) is 0 Å². The van der Waals surface area contributed by atoms with Crippen LogP contribution in [-0.4, -0.2) is 29.2 Å². The molecule has 0 heterocycles. The van der Waals surface area contributed by atoms with Gasteiger partial charge in [0.25, 0.3) is 0 Å². The van der Waals surface area contributed by atoms with Gasteiger partial charge in [-0.15, -0.1) is 0 Å². The molecular formula is C13H22N2O. The van der Waals surface area contributed by atoms with Crippen molar-refractivity contribution in [3.63, 3.8) is 0 Å². The third kappa shape index (κ3) is 4.64. The molecule has 0 fully saturated rings. The van der Waals surface area contributed by atoms with E-state index < -0.39 is 0 Å². The van der Waals surface area contributed by atoms with Gasteiger partial charge in [0.1, 0.15) is 0 Å². The molecule has 90 valence electrons. The lowest BCUT2D eigenvalue weighted by Gasteiger charge is -2.21. The van der Waals surface area contributed by atoms with Crippen LogP contribution in [0, 0.1) is 0 Å². The predicted molar refractivity (Wildman–Crippen MR) is 68.1 cm³/mol. The molecule has 1 rings (SSSR count). The maximum Gasteiger partial charge on any atom is 0.0524 e. The zero-order valence-corrected chi connectivity index (χ0v) is 10.2. The van der Waals surface area contributed by atoms with Gasteiger partial charge in [-0.1, -0.05) is 19.1 Å². The summed E-state index contributed by atoms with van der Waals surface area (Å²) in [6.07, 6.45) is 0.589. The Morgan fingerprint density at radius 2 is 2.19 bits per heavy atom. The first-order valence-electron chi connectivity index (χ1n) is 5.86. The molecular weight excluding hydrogens is 200 g/mol. The highest BCUT2D eigenvalue weighted by Crippen LogP contribution is 2.10. The molecule has 0 spiro atoms. The maximum atomic E-state index is 9.26. The SMILES string of the molecule is CCN(CCC(C)O)Cc1cccc(N)c1. The van der Waals surface area contributed by atoms with E-state index in [1.165, 1.54) is 5.56 Å². The minimum Gasteiger partial charge on any atom is -0.399 e. The lowest BCUT2D eigenvalue weighted by Crippen LogP contribution is -2.26. The molecule has 16 heavy (non-hydrogen) atoms. The van der Waals surface area contributed by atoms with Crippen molar-refractivity contribution in [1.29, 1.82) is 0 Å². The van der Waals surface area contributed by atoms with E-state index in [0.29, 0.717) is 0 Å². The first-order chi connectivity index (χ1) is 7.61. The third-order valence-electron chi connectivity index (χ3n) is 2.67. The van der Waals surface area contributed by atoms with E-state index in [1.807, 2.05) is 25.1 Å². The smallest absolute Gasteiger partial charge is 0.0524 e. The monoisotopic (exact) mass is 222 g/mol. The Hall–Kier alpha value is -1.06. The average molecular weight is 222 g/mol. The number of aliphatic hydroxyl groups excluding tert-OH is 1. The van der Waals surface area contributed by atoms with Crippen LogP contribution in [0.4, 0.5) is 5.69 Å². The summed E-state index contributed by atoms with van der Waals surface area (Å²) in [5, 5.41) is 9.26. The Morgan fingerprint density at radius 3 is 2.75 bits per heavy atom. The fraction of sp³-hybridized carbons (Fsp3) is 0.538. The standard InChI is InChI=1S/C13H22N2O/c1-3-15(8-7-11(2)16)10-12-5-4-6-13(14)9-12/h4-6,9,11,16H,3,7-8,10,14H2,1-2H3. The molecule has 0 aliphatic heterocycles. The minimum atomic E-state index is -0.227. The van der Waals surface area contributed by atoms with E-state index in [4.69, 9.17) is 5.73 Å². The number of hydrogen-bond acceptors (Lipinski definition) is 3. The van der Waals surface area contributed by atoms with Crippen LogP contribution in [0.2, 0.25) is 0 Å². The van der Waals surface area contributed by atoms with Gasteiger partial charge in [0.15, 0.2) is 0 Å². The lowest BCUT2D eigenvalue weighted by molar-refractivity contribution is 0.155. The van der Waals surface area contributed by atoms with Crippen molar-refractivity contribution in [3.05, 3.63) is 29.8 Å². The minimum absolute atomic E-state index is 0.227. The number of anilines is 1. The molecule has 1 aromatic rings. The quantitative estimate of drug-likeness (QED) is 0.722. The van der Waals surface area contributed by atoms with E-state index in [9.17, 15) is 5.11 Å². The van der Waals surface area contributed by atoms with Crippen LogP contribution in [0.15, 0.2) is 24.3 Å². The predicted octanol–water partition coefficient (Wildman–Crippen LogP) is 1.86. The Labute approximate surface area is 97.9 Å². The highest BCUT2D eigenvalue weighted by atomic mass is 16.3. The number of nitrogen functional groups attached to an aromatic ring is 1. The van der Waals surface area contributed by atoms with E-state index >= 15 is 0 Å². The van der Waals surface area contributed by atoms with Gasteiger partial charge in [-0.3, -0.25) is 4.90 Å². The lowest BCUT2D eigenvalue weighted by atomic mass is 10.2. The molecule has 0 bridgehead atoms. The van der Waals surface area contributed by atoms with Crippen LogP contribution in [0.3, 0.4) is 0 Å². The highest BCUT2D eigenvalue weighted by Gasteiger charge is 2.05. The summed E-state index contributed by atoms with van der Waals surface area (Å²) in [6, 6.07) is 7.97. The van der Waals surface area contributed by atoms with Crippen molar-refractivity contribution in [2.75, 3.05) is 18.8 Å². The van der Waals surface area contributed by atoms with Gasteiger partial charge in [-0.25, -0.2) is 0 Å². The number of nitrogens with zero attached hydrogens (tertiary/aromatic N) is 1. The molecule has 0 saturated heterocycles. The Morgan fingerprint density at radius 1 is 1.44 bits per heavy atom. The van der Waals surface area contributed by atoms with Crippen molar-refractivity contribution in [1.82, 2.24) is 4.90 Å². The van der Waals surface area contributed by atoms with Gasteiger partial charge in [-0.2, -0.15) is 0 Å². The molecule has 0 aromatic heterocycles. The van der Waals surface area contributed by atoms with Crippen LogP contribution >= 0.6 is 0 Å². The summed E-state index contributed by atoms with van der Waals surface area (Å²) < 4.78 is 0. The second-order valence-electron chi connectivity index (χ2n) is 4.25. The van der Waals surface area contributed by atoms with Crippen molar-refractivity contribution in [3.8, 4) is 0 Å². The van der Waals surface area contributed by atoms with Crippen LogP contribution in [0.25, 0.3) is 0 Å². The fourth-order valence-corrected chi connectivity index (χ4v) is 1.67. The summed E-state index contributed by atoms with van der Waals surface area (Å²) >= 11 is 0. The van der Waals surface area contributed by atoms with Crippen molar-refractivity contribution in [2.24, 2.45) is 0 Å². The largest absolute Gasteiger partial charge is 0.399 e. The summed E-state index contributed by atoms with van der Waals surface area (Å²) in [6.45, 7) is 6.77. The van der Waals surface area contributed by atoms with Crippen LogP contribution < -0.4 is 5.73 Å². The zero-order valence-electron chi connectivity index (χ0n) is 10.2. The number of hydrogen-bond donors (Lipinski definition) is 2. The molecule has 0 aliphatic carbocycles. The van der Waals surface area contributed by atoms with Crippen molar-refractivity contribution < 1.29 is 5.11 Å². The molecule has 1 atom stereocenters. The normalized spacial score (nSPS) is 13.0. The molecule has 1 aromatic carbocycles. The van der Waals surface area contributed by atoms with E-state index in [0.717, 1.165) is 31.7 Å². The topological polar surface area (TPSA) is 49.5 Å². The summed E-state index contributed by atoms with van der Waals surface area (Å²) in [7, 11) is 0. The zero-order chi connectivity index (χ0) is 12.0. The number of rotatable bonds is 6. The number of nitrogens with two attached hydrogens (primary N) is 1. The average Bonchev–Trinajstić information content (AvgIpc) is 2.24. The summed E-state index contributed by atoms with van der Waals surface area (Å²) in [5.74, 6) is 0. The Balaban J connectivity index is 2.49. The summed E-state index contributed by atoms with van der Waals surface area (Å²) in [5.41, 5.74) is 7.78. The molecule has 0 aliphatic rings. The van der Waals surface area contributed by atoms with E-state index in [2.05, 4.69) is 17.9 Å². The van der Waals surface area contributed by atoms with Crippen LogP contribution in [-0.2, 0) is 6.54 Å². The van der Waals surface area contributed by atoms with Gasteiger partial charge < -0.3 is 10.8 Å². The maximum absolute atomic E-state index is 9.26. The van der Waals surface area contributed by atoms with Crippen molar-refractivity contribution in [2.45, 2.75) is 32.9 Å². The highest BCUT2D eigenvalue weighted by molar-refractivity contribution is 5.40. The molecule has 3 nitrogen and oxygen atoms in total. The van der Waals surface area contributed by atoms with Gasteiger partial charge in [-0.05, 0) is 37.6 Å². The van der Waals surface area contributed by atoms with Crippen LogP contribution in [0.1, 0.15) is 25.8 Å². The molecule has 1 unspecified atom stereocenters. The second-order valence-corrected chi connectivity index (χ2v) is 4.25. The molecule has 0 amide bonds. The molecule has 0 radical (unpaired) electrons. The van der Waals surface area contributed by atoms with Gasteiger partial charge in [0, 0.05) is 18.8 Å². The van der Waals surface area contributed by atoms with Gasteiger partial charge in [0.05, 0.1) is 6.10 Å².